The Labute approximate surface area is 166 Å². The van der Waals surface area contributed by atoms with Crippen molar-refractivity contribution < 1.29 is 9.53 Å². The van der Waals surface area contributed by atoms with Crippen molar-refractivity contribution in [3.05, 3.63) is 29.6 Å². The highest BCUT2D eigenvalue weighted by Crippen LogP contribution is 2.17. The Kier molecular flexibility index (Phi) is 6.97. The lowest BCUT2D eigenvalue weighted by Gasteiger charge is -2.33. The molecule has 1 saturated heterocycles. The quantitative estimate of drug-likeness (QED) is 0.700. The van der Waals surface area contributed by atoms with Crippen LogP contribution < -0.4 is 10.1 Å². The number of methoxy groups -OCH3 is 1. The Hall–Kier alpha value is -2.48. The van der Waals surface area contributed by atoms with Gasteiger partial charge in [-0.1, -0.05) is 13.3 Å². The van der Waals surface area contributed by atoms with E-state index >= 15 is 0 Å². The van der Waals surface area contributed by atoms with Gasteiger partial charge >= 0.3 is 0 Å². The van der Waals surface area contributed by atoms with E-state index in [9.17, 15) is 4.79 Å². The summed E-state index contributed by atoms with van der Waals surface area (Å²) >= 11 is 0. The van der Waals surface area contributed by atoms with Crippen LogP contribution in [0.4, 0.5) is 0 Å². The maximum absolute atomic E-state index is 12.7. The van der Waals surface area contributed by atoms with Crippen molar-refractivity contribution in [3.63, 3.8) is 0 Å². The van der Waals surface area contributed by atoms with E-state index in [1.54, 1.807) is 30.1 Å². The number of carbonyl (C=O) groups excluding carboxylic acids is 1. The highest BCUT2D eigenvalue weighted by atomic mass is 16.5. The van der Waals surface area contributed by atoms with Crippen molar-refractivity contribution in [1.82, 2.24) is 30.2 Å². The first-order valence-corrected chi connectivity index (χ1v) is 10.1. The number of hydrogen-bond donors (Lipinski definition) is 1. The molecule has 152 valence electrons. The maximum atomic E-state index is 12.7. The van der Waals surface area contributed by atoms with Crippen molar-refractivity contribution in [2.45, 2.75) is 52.0 Å². The van der Waals surface area contributed by atoms with E-state index in [1.807, 2.05) is 6.92 Å². The van der Waals surface area contributed by atoms with Crippen molar-refractivity contribution in [2.75, 3.05) is 26.7 Å². The molecule has 0 spiro atoms. The summed E-state index contributed by atoms with van der Waals surface area (Å²) in [6.45, 7) is 7.16. The number of ether oxygens (including phenoxy) is 1. The van der Waals surface area contributed by atoms with E-state index in [4.69, 9.17) is 4.74 Å². The Morgan fingerprint density at radius 2 is 2.18 bits per heavy atom. The molecule has 1 amide bonds. The van der Waals surface area contributed by atoms with Crippen LogP contribution in [-0.4, -0.2) is 63.6 Å². The number of amides is 1. The third kappa shape index (κ3) is 4.67. The van der Waals surface area contributed by atoms with Gasteiger partial charge in [-0.15, -0.1) is 10.2 Å². The summed E-state index contributed by atoms with van der Waals surface area (Å²) in [5.41, 5.74) is 1.41. The van der Waals surface area contributed by atoms with Crippen molar-refractivity contribution in [2.24, 2.45) is 0 Å². The number of nitrogens with zero attached hydrogens (tertiary/aromatic N) is 5. The fourth-order valence-electron chi connectivity index (χ4n) is 3.71. The molecule has 2 aromatic rings. The van der Waals surface area contributed by atoms with Crippen molar-refractivity contribution in [3.8, 4) is 11.7 Å². The van der Waals surface area contributed by atoms with Crippen LogP contribution in [0.15, 0.2) is 18.3 Å². The first kappa shape index (κ1) is 20.3. The van der Waals surface area contributed by atoms with Crippen LogP contribution in [-0.2, 0) is 6.42 Å². The SMILES string of the molecule is CCc1c(C(=O)NCCCN2CCCC[C@@H]2C)cnn1-c1ccc(OC)nn1. The normalized spacial score (nSPS) is 17.5. The van der Waals surface area contributed by atoms with Crippen LogP contribution in [0, 0.1) is 0 Å². The molecule has 28 heavy (non-hydrogen) atoms. The lowest BCUT2D eigenvalue weighted by Crippen LogP contribution is -2.39. The number of aromatic nitrogens is 4. The number of carbonyl (C=O) groups is 1. The second-order valence-electron chi connectivity index (χ2n) is 7.19. The molecule has 1 atom stereocenters. The molecule has 0 radical (unpaired) electrons. The van der Waals surface area contributed by atoms with Crippen LogP contribution >= 0.6 is 0 Å². The molecule has 8 nitrogen and oxygen atoms in total. The highest BCUT2D eigenvalue weighted by molar-refractivity contribution is 5.95. The molecular formula is C20H30N6O2. The minimum atomic E-state index is -0.0868. The molecule has 0 aliphatic carbocycles. The number of likely N-dealkylation sites (tertiary alicyclic amines) is 1. The third-order valence-corrected chi connectivity index (χ3v) is 5.35. The molecule has 1 N–H and O–H groups in total. The molecule has 1 aliphatic heterocycles. The van der Waals surface area contributed by atoms with Crippen LogP contribution in [0.5, 0.6) is 5.88 Å². The first-order chi connectivity index (χ1) is 13.6. The molecule has 0 saturated carbocycles. The van der Waals surface area contributed by atoms with E-state index in [0.717, 1.165) is 18.7 Å². The van der Waals surface area contributed by atoms with E-state index in [1.165, 1.54) is 25.8 Å². The van der Waals surface area contributed by atoms with E-state index < -0.39 is 0 Å². The summed E-state index contributed by atoms with van der Waals surface area (Å²) in [6, 6.07) is 4.16. The van der Waals surface area contributed by atoms with Crippen LogP contribution in [0.1, 0.15) is 55.6 Å². The van der Waals surface area contributed by atoms with Gasteiger partial charge in [0.1, 0.15) is 0 Å². The topological polar surface area (TPSA) is 85.2 Å². The summed E-state index contributed by atoms with van der Waals surface area (Å²) in [5.74, 6) is 0.919. The number of piperidine rings is 1. The average molecular weight is 387 g/mol. The van der Waals surface area contributed by atoms with Gasteiger partial charge in [-0.2, -0.15) is 5.10 Å². The number of nitrogens with one attached hydrogen (secondary N) is 1. The number of hydrogen-bond acceptors (Lipinski definition) is 6. The zero-order chi connectivity index (χ0) is 19.9. The second-order valence-corrected chi connectivity index (χ2v) is 7.19. The molecule has 8 heteroatoms. The Balaban J connectivity index is 1.58. The highest BCUT2D eigenvalue weighted by Gasteiger charge is 2.19. The Bertz CT molecular complexity index is 774. The van der Waals surface area contributed by atoms with Gasteiger partial charge in [0.25, 0.3) is 5.91 Å². The van der Waals surface area contributed by atoms with Gasteiger partial charge in [0.05, 0.1) is 24.6 Å². The summed E-state index contributed by atoms with van der Waals surface area (Å²) in [5, 5.41) is 15.5. The smallest absolute Gasteiger partial charge is 0.254 e. The minimum absolute atomic E-state index is 0.0868. The predicted molar refractivity (Wildman–Crippen MR) is 107 cm³/mol. The lowest BCUT2D eigenvalue weighted by molar-refractivity contribution is 0.0948. The van der Waals surface area contributed by atoms with E-state index in [0.29, 0.717) is 36.3 Å². The molecule has 1 aliphatic rings. The standard InChI is InChI=1S/C20H30N6O2/c1-4-17-16(14-22-26(17)18-9-10-19(28-3)24-23-18)20(27)21-11-7-13-25-12-6-5-8-15(25)2/h9-10,14-15H,4-8,11-13H2,1-3H3,(H,21,27)/t15-/m0/s1. The molecule has 0 unspecified atom stereocenters. The molecule has 0 aromatic carbocycles. The summed E-state index contributed by atoms with van der Waals surface area (Å²) in [6.07, 6.45) is 7.12. The fraction of sp³-hybridized carbons (Fsp3) is 0.600. The van der Waals surface area contributed by atoms with E-state index in [-0.39, 0.29) is 5.91 Å². The first-order valence-electron chi connectivity index (χ1n) is 10.1. The van der Waals surface area contributed by atoms with Crippen LogP contribution in [0.2, 0.25) is 0 Å². The predicted octanol–water partition coefficient (Wildman–Crippen LogP) is 2.23. The number of rotatable bonds is 8. The summed E-state index contributed by atoms with van der Waals surface area (Å²) in [4.78, 5) is 15.2. The van der Waals surface area contributed by atoms with Gasteiger partial charge < -0.3 is 15.0 Å². The summed E-state index contributed by atoms with van der Waals surface area (Å²) in [7, 11) is 1.55. The molecule has 2 aromatic heterocycles. The zero-order valence-electron chi connectivity index (χ0n) is 17.0. The lowest BCUT2D eigenvalue weighted by atomic mass is 10.0. The third-order valence-electron chi connectivity index (χ3n) is 5.35. The Morgan fingerprint density at radius 1 is 1.32 bits per heavy atom. The Morgan fingerprint density at radius 3 is 2.86 bits per heavy atom. The maximum Gasteiger partial charge on any atom is 0.254 e. The van der Waals surface area contributed by atoms with Gasteiger partial charge in [-0.05, 0) is 45.2 Å². The molecular weight excluding hydrogens is 356 g/mol. The largest absolute Gasteiger partial charge is 0.480 e. The van der Waals surface area contributed by atoms with Crippen molar-refractivity contribution in [1.29, 1.82) is 0 Å². The molecule has 3 heterocycles. The summed E-state index contributed by atoms with van der Waals surface area (Å²) < 4.78 is 6.70. The monoisotopic (exact) mass is 386 g/mol. The second kappa shape index (κ2) is 9.64. The molecule has 1 fully saturated rings. The van der Waals surface area contributed by atoms with E-state index in [2.05, 4.69) is 32.4 Å². The fourth-order valence-corrected chi connectivity index (χ4v) is 3.71. The minimum Gasteiger partial charge on any atom is -0.480 e. The molecule has 0 bridgehead atoms. The zero-order valence-corrected chi connectivity index (χ0v) is 17.0. The van der Waals surface area contributed by atoms with Gasteiger partial charge in [0, 0.05) is 25.2 Å². The van der Waals surface area contributed by atoms with Crippen molar-refractivity contribution >= 4 is 5.91 Å². The van der Waals surface area contributed by atoms with Gasteiger partial charge in [-0.3, -0.25) is 4.79 Å². The van der Waals surface area contributed by atoms with Gasteiger partial charge in [0.15, 0.2) is 5.82 Å². The van der Waals surface area contributed by atoms with Crippen LogP contribution in [0.3, 0.4) is 0 Å². The average Bonchev–Trinajstić information content (AvgIpc) is 3.16. The van der Waals surface area contributed by atoms with Crippen LogP contribution in [0.25, 0.3) is 5.82 Å². The molecule has 3 rings (SSSR count). The van der Waals surface area contributed by atoms with Gasteiger partial charge in [0.2, 0.25) is 5.88 Å². The van der Waals surface area contributed by atoms with Gasteiger partial charge in [-0.25, -0.2) is 4.68 Å².